The summed E-state index contributed by atoms with van der Waals surface area (Å²) in [5.74, 6) is -1.75. The maximum absolute atomic E-state index is 13.5. The number of carbonyl (C=O) groups excluding carboxylic acids is 1. The lowest BCUT2D eigenvalue weighted by Crippen LogP contribution is -2.35. The number of nitriles is 1. The van der Waals surface area contributed by atoms with Crippen LogP contribution in [0.25, 0.3) is 0 Å². The van der Waals surface area contributed by atoms with E-state index in [1.54, 1.807) is 6.07 Å². The molecule has 0 spiro atoms. The average molecular weight is 265 g/mol. The molecule has 1 aromatic carbocycles. The predicted octanol–water partition coefficient (Wildman–Crippen LogP) is 1.20. The molecule has 0 heterocycles. The molecule has 2 N–H and O–H groups in total. The van der Waals surface area contributed by atoms with Gasteiger partial charge in [0, 0.05) is 18.2 Å². The second-order valence-corrected chi connectivity index (χ2v) is 4.48. The third-order valence-corrected chi connectivity index (χ3v) is 2.80. The molecule has 0 saturated heterocycles. The van der Waals surface area contributed by atoms with Crippen molar-refractivity contribution in [3.05, 3.63) is 34.9 Å². The van der Waals surface area contributed by atoms with Gasteiger partial charge >= 0.3 is 0 Å². The van der Waals surface area contributed by atoms with Gasteiger partial charge in [0.2, 0.25) is 5.91 Å². The van der Waals surface area contributed by atoms with E-state index in [9.17, 15) is 13.6 Å². The minimum atomic E-state index is -0.786. The second-order valence-electron chi connectivity index (χ2n) is 4.48. The van der Waals surface area contributed by atoms with Crippen molar-refractivity contribution in [2.24, 2.45) is 0 Å². The van der Waals surface area contributed by atoms with Crippen LogP contribution in [0.5, 0.6) is 0 Å². The summed E-state index contributed by atoms with van der Waals surface area (Å²) in [5, 5.41) is 14.0. The van der Waals surface area contributed by atoms with Crippen LogP contribution in [0.15, 0.2) is 12.1 Å². The van der Waals surface area contributed by atoms with Gasteiger partial charge in [-0.15, -0.1) is 0 Å². The first kappa shape index (κ1) is 13.4. The van der Waals surface area contributed by atoms with E-state index in [0.717, 1.165) is 25.0 Å². The monoisotopic (exact) mass is 265 g/mol. The van der Waals surface area contributed by atoms with Gasteiger partial charge in [-0.3, -0.25) is 4.79 Å². The van der Waals surface area contributed by atoms with Gasteiger partial charge in [-0.05, 0) is 25.0 Å². The molecule has 1 amide bonds. The molecule has 2 rings (SSSR count). The van der Waals surface area contributed by atoms with Gasteiger partial charge in [-0.2, -0.15) is 5.26 Å². The lowest BCUT2D eigenvalue weighted by atomic mass is 10.1. The molecule has 1 saturated carbocycles. The van der Waals surface area contributed by atoms with Crippen molar-refractivity contribution < 1.29 is 13.6 Å². The number of halogens is 2. The van der Waals surface area contributed by atoms with Crippen LogP contribution >= 0.6 is 0 Å². The highest BCUT2D eigenvalue weighted by molar-refractivity contribution is 5.78. The summed E-state index contributed by atoms with van der Waals surface area (Å²) in [5.41, 5.74) is -0.233. The summed E-state index contributed by atoms with van der Waals surface area (Å²) in [4.78, 5) is 11.3. The summed E-state index contributed by atoms with van der Waals surface area (Å²) < 4.78 is 27.0. The van der Waals surface area contributed by atoms with Crippen LogP contribution in [0.1, 0.15) is 24.0 Å². The Kier molecular flexibility index (Phi) is 4.07. The Morgan fingerprint density at radius 2 is 2.00 bits per heavy atom. The molecule has 0 aliphatic heterocycles. The lowest BCUT2D eigenvalue weighted by Gasteiger charge is -2.08. The van der Waals surface area contributed by atoms with E-state index in [-0.39, 0.29) is 36.2 Å². The van der Waals surface area contributed by atoms with Crippen molar-refractivity contribution >= 4 is 5.91 Å². The van der Waals surface area contributed by atoms with Crippen molar-refractivity contribution in [3.8, 4) is 6.07 Å². The number of hydrogen-bond donors (Lipinski definition) is 2. The summed E-state index contributed by atoms with van der Waals surface area (Å²) >= 11 is 0. The molecule has 4 nitrogen and oxygen atoms in total. The van der Waals surface area contributed by atoms with Crippen LogP contribution in [-0.4, -0.2) is 18.5 Å². The van der Waals surface area contributed by atoms with Crippen LogP contribution in [0.3, 0.4) is 0 Å². The fraction of sp³-hybridized carbons (Fsp3) is 0.385. The van der Waals surface area contributed by atoms with E-state index in [0.29, 0.717) is 0 Å². The number of carbonyl (C=O) groups is 1. The maximum atomic E-state index is 13.5. The van der Waals surface area contributed by atoms with Gasteiger partial charge < -0.3 is 10.6 Å². The topological polar surface area (TPSA) is 64.9 Å². The van der Waals surface area contributed by atoms with Crippen molar-refractivity contribution in [2.75, 3.05) is 6.54 Å². The Morgan fingerprint density at radius 1 is 1.37 bits per heavy atom. The molecule has 100 valence electrons. The molecular weight excluding hydrogens is 252 g/mol. The van der Waals surface area contributed by atoms with Gasteiger partial charge in [0.15, 0.2) is 0 Å². The molecule has 0 radical (unpaired) electrons. The molecular formula is C13H13F2N3O. The van der Waals surface area contributed by atoms with Crippen LogP contribution in [-0.2, 0) is 11.3 Å². The van der Waals surface area contributed by atoms with Crippen LogP contribution in [0.2, 0.25) is 0 Å². The maximum Gasteiger partial charge on any atom is 0.234 e. The number of rotatable bonds is 5. The molecule has 0 unspecified atom stereocenters. The molecule has 19 heavy (non-hydrogen) atoms. The summed E-state index contributed by atoms with van der Waals surface area (Å²) in [7, 11) is 0. The van der Waals surface area contributed by atoms with Gasteiger partial charge in [0.1, 0.15) is 11.6 Å². The van der Waals surface area contributed by atoms with E-state index in [1.807, 2.05) is 0 Å². The van der Waals surface area contributed by atoms with Crippen molar-refractivity contribution in [1.29, 1.82) is 5.26 Å². The second kappa shape index (κ2) is 5.76. The van der Waals surface area contributed by atoms with Gasteiger partial charge in [-0.1, -0.05) is 0 Å². The fourth-order valence-electron chi connectivity index (χ4n) is 1.64. The first-order chi connectivity index (χ1) is 9.10. The van der Waals surface area contributed by atoms with Crippen molar-refractivity contribution in [1.82, 2.24) is 10.6 Å². The van der Waals surface area contributed by atoms with Crippen LogP contribution < -0.4 is 10.6 Å². The van der Waals surface area contributed by atoms with E-state index in [4.69, 9.17) is 5.26 Å². The van der Waals surface area contributed by atoms with Crippen LogP contribution in [0, 0.1) is 23.0 Å². The number of amides is 1. The zero-order valence-electron chi connectivity index (χ0n) is 10.2. The first-order valence-corrected chi connectivity index (χ1v) is 5.98. The van der Waals surface area contributed by atoms with Gasteiger partial charge in [-0.25, -0.2) is 8.78 Å². The standard InChI is InChI=1S/C13H13F2N3O/c14-11-3-8(5-16)4-12(15)10(11)6-17-7-13(19)18-9-1-2-9/h3-4,9,17H,1-2,6-7H2,(H,18,19). The molecule has 1 fully saturated rings. The third-order valence-electron chi connectivity index (χ3n) is 2.80. The molecule has 1 aliphatic carbocycles. The Labute approximate surface area is 109 Å². The van der Waals surface area contributed by atoms with Gasteiger partial charge in [0.05, 0.1) is 18.2 Å². The number of nitrogens with one attached hydrogen (secondary N) is 2. The van der Waals surface area contributed by atoms with Crippen molar-refractivity contribution in [2.45, 2.75) is 25.4 Å². The summed E-state index contributed by atoms with van der Waals surface area (Å²) in [6, 6.07) is 3.89. The lowest BCUT2D eigenvalue weighted by molar-refractivity contribution is -0.120. The number of hydrogen-bond acceptors (Lipinski definition) is 3. The smallest absolute Gasteiger partial charge is 0.234 e. The number of nitrogens with zero attached hydrogens (tertiary/aromatic N) is 1. The minimum Gasteiger partial charge on any atom is -0.352 e. The average Bonchev–Trinajstić information content (AvgIpc) is 3.16. The Bertz CT molecular complexity index is 512. The Morgan fingerprint density at radius 3 is 2.53 bits per heavy atom. The summed E-state index contributed by atoms with van der Waals surface area (Å²) in [6.45, 7) is -0.0865. The molecule has 0 aromatic heterocycles. The fourth-order valence-corrected chi connectivity index (χ4v) is 1.64. The van der Waals surface area contributed by atoms with E-state index in [1.165, 1.54) is 0 Å². The Balaban J connectivity index is 1.88. The van der Waals surface area contributed by atoms with Gasteiger partial charge in [0.25, 0.3) is 0 Å². The molecule has 0 atom stereocenters. The van der Waals surface area contributed by atoms with E-state index < -0.39 is 11.6 Å². The SMILES string of the molecule is N#Cc1cc(F)c(CNCC(=O)NC2CC2)c(F)c1. The van der Waals surface area contributed by atoms with Crippen molar-refractivity contribution in [3.63, 3.8) is 0 Å². The highest BCUT2D eigenvalue weighted by Crippen LogP contribution is 2.18. The molecule has 0 bridgehead atoms. The zero-order chi connectivity index (χ0) is 13.8. The summed E-state index contributed by atoms with van der Waals surface area (Å²) in [6.07, 6.45) is 1.98. The third kappa shape index (κ3) is 3.73. The highest BCUT2D eigenvalue weighted by atomic mass is 19.1. The van der Waals surface area contributed by atoms with E-state index in [2.05, 4.69) is 10.6 Å². The molecule has 1 aromatic rings. The largest absolute Gasteiger partial charge is 0.352 e. The molecule has 1 aliphatic rings. The first-order valence-electron chi connectivity index (χ1n) is 5.98. The van der Waals surface area contributed by atoms with Crippen LogP contribution in [0.4, 0.5) is 8.78 Å². The minimum absolute atomic E-state index is 0.00931. The predicted molar refractivity (Wildman–Crippen MR) is 63.9 cm³/mol. The number of benzene rings is 1. The molecule has 6 heteroatoms. The Hall–Kier alpha value is -2.00. The quantitative estimate of drug-likeness (QED) is 0.841. The zero-order valence-corrected chi connectivity index (χ0v) is 10.2. The highest BCUT2D eigenvalue weighted by Gasteiger charge is 2.22. The normalized spacial score (nSPS) is 13.9. The van der Waals surface area contributed by atoms with E-state index >= 15 is 0 Å².